The van der Waals surface area contributed by atoms with Crippen LogP contribution in [0.3, 0.4) is 0 Å². The molecule has 2 heteroatoms. The molecule has 0 saturated carbocycles. The van der Waals surface area contributed by atoms with Gasteiger partial charge in [0.05, 0.1) is 19.3 Å². The van der Waals surface area contributed by atoms with E-state index >= 15 is 0 Å². The Morgan fingerprint density at radius 1 is 1.56 bits per heavy atom. The maximum absolute atomic E-state index is 8.81. The average Bonchev–Trinajstić information content (AvgIpc) is 1.89. The molecular formula is C7H12O2. The highest BCUT2D eigenvalue weighted by atomic mass is 16.5. The number of hydrogen-bond acceptors (Lipinski definition) is 2. The van der Waals surface area contributed by atoms with Gasteiger partial charge in [0.1, 0.15) is 0 Å². The van der Waals surface area contributed by atoms with Crippen molar-refractivity contribution in [1.82, 2.24) is 0 Å². The fourth-order valence-corrected chi connectivity index (χ4v) is 0.340. The molecule has 0 radical (unpaired) electrons. The van der Waals surface area contributed by atoms with Crippen molar-refractivity contribution >= 4 is 0 Å². The zero-order chi connectivity index (χ0) is 7.11. The van der Waals surface area contributed by atoms with E-state index in [-0.39, 0.29) is 0 Å². The Kier molecular flexibility index (Phi) is 5.17. The van der Waals surface area contributed by atoms with Crippen LogP contribution in [0.5, 0.6) is 0 Å². The Bertz CT molecular complexity index is 88.9. The number of hydrogen-bond donors (Lipinski definition) is 1. The molecule has 9 heavy (non-hydrogen) atoms. The van der Waals surface area contributed by atoms with Gasteiger partial charge in [-0.2, -0.15) is 0 Å². The Balaban J connectivity index is 3.05. The van der Waals surface area contributed by atoms with Crippen LogP contribution in [0.25, 0.3) is 0 Å². The molecule has 0 unspecified atom stereocenters. The van der Waals surface area contributed by atoms with Crippen LogP contribution in [0.4, 0.5) is 0 Å². The summed E-state index contributed by atoms with van der Waals surface area (Å²) in [7, 11) is 0. The van der Waals surface area contributed by atoms with Crippen molar-refractivity contribution in [3.05, 3.63) is 25.3 Å². The van der Waals surface area contributed by atoms with Gasteiger partial charge in [-0.15, -0.1) is 13.2 Å². The molecule has 0 heterocycles. The SMILES string of the molecule is C=CCOC[C@@H](O)C=C. The molecule has 2 nitrogen and oxygen atoms in total. The smallest absolute Gasteiger partial charge is 0.0952 e. The molecule has 0 aliphatic rings. The third-order valence-electron chi connectivity index (χ3n) is 0.796. The molecule has 0 spiro atoms. The Hall–Kier alpha value is -0.600. The maximum atomic E-state index is 8.81. The predicted molar refractivity (Wildman–Crippen MR) is 37.2 cm³/mol. The second kappa shape index (κ2) is 5.54. The summed E-state index contributed by atoms with van der Waals surface area (Å²) in [5, 5.41) is 8.81. The second-order valence-electron chi connectivity index (χ2n) is 1.63. The predicted octanol–water partition coefficient (Wildman–Crippen LogP) is 0.736. The summed E-state index contributed by atoms with van der Waals surface area (Å²) in [6, 6.07) is 0. The number of aliphatic hydroxyl groups is 1. The van der Waals surface area contributed by atoms with E-state index < -0.39 is 6.10 Å². The molecule has 0 bridgehead atoms. The molecular weight excluding hydrogens is 116 g/mol. The molecule has 0 saturated heterocycles. The maximum Gasteiger partial charge on any atom is 0.0952 e. The summed E-state index contributed by atoms with van der Waals surface area (Å²) < 4.78 is 4.90. The summed E-state index contributed by atoms with van der Waals surface area (Å²) in [5.74, 6) is 0. The number of rotatable bonds is 5. The topological polar surface area (TPSA) is 29.5 Å². The van der Waals surface area contributed by atoms with Gasteiger partial charge in [0.25, 0.3) is 0 Å². The van der Waals surface area contributed by atoms with Crippen molar-refractivity contribution in [2.24, 2.45) is 0 Å². The lowest BCUT2D eigenvalue weighted by atomic mass is 10.4. The van der Waals surface area contributed by atoms with Crippen molar-refractivity contribution in [2.75, 3.05) is 13.2 Å². The zero-order valence-corrected chi connectivity index (χ0v) is 5.42. The van der Waals surface area contributed by atoms with E-state index in [9.17, 15) is 0 Å². The minimum Gasteiger partial charge on any atom is -0.387 e. The summed E-state index contributed by atoms with van der Waals surface area (Å²) in [4.78, 5) is 0. The highest BCUT2D eigenvalue weighted by molar-refractivity contribution is 4.77. The van der Waals surface area contributed by atoms with Gasteiger partial charge >= 0.3 is 0 Å². The fraction of sp³-hybridized carbons (Fsp3) is 0.429. The number of ether oxygens (including phenoxy) is 1. The first-order chi connectivity index (χ1) is 4.31. The lowest BCUT2D eigenvalue weighted by Crippen LogP contribution is -2.11. The van der Waals surface area contributed by atoms with E-state index in [1.165, 1.54) is 6.08 Å². The fourth-order valence-electron chi connectivity index (χ4n) is 0.340. The summed E-state index contributed by atoms with van der Waals surface area (Å²) in [6.45, 7) is 7.61. The van der Waals surface area contributed by atoms with Crippen molar-refractivity contribution in [3.63, 3.8) is 0 Å². The molecule has 0 fully saturated rings. The summed E-state index contributed by atoms with van der Waals surface area (Å²) in [6.07, 6.45) is 2.52. The van der Waals surface area contributed by atoms with Crippen LogP contribution >= 0.6 is 0 Å². The monoisotopic (exact) mass is 128 g/mol. The lowest BCUT2D eigenvalue weighted by Gasteiger charge is -2.02. The van der Waals surface area contributed by atoms with Crippen LogP contribution in [-0.2, 0) is 4.74 Å². The second-order valence-corrected chi connectivity index (χ2v) is 1.63. The lowest BCUT2D eigenvalue weighted by molar-refractivity contribution is 0.0751. The van der Waals surface area contributed by atoms with Crippen LogP contribution in [0, 0.1) is 0 Å². The Morgan fingerprint density at radius 3 is 2.67 bits per heavy atom. The van der Waals surface area contributed by atoms with Crippen molar-refractivity contribution in [3.8, 4) is 0 Å². The van der Waals surface area contributed by atoms with Crippen LogP contribution in [0.15, 0.2) is 25.3 Å². The van der Waals surface area contributed by atoms with Gasteiger partial charge < -0.3 is 9.84 Å². The van der Waals surface area contributed by atoms with Gasteiger partial charge in [-0.3, -0.25) is 0 Å². The summed E-state index contributed by atoms with van der Waals surface area (Å²) >= 11 is 0. The zero-order valence-electron chi connectivity index (χ0n) is 5.42. The molecule has 1 atom stereocenters. The quantitative estimate of drug-likeness (QED) is 0.437. The van der Waals surface area contributed by atoms with E-state index in [2.05, 4.69) is 13.2 Å². The van der Waals surface area contributed by atoms with Crippen LogP contribution in [0.2, 0.25) is 0 Å². The third kappa shape index (κ3) is 5.27. The molecule has 0 aromatic carbocycles. The highest BCUT2D eigenvalue weighted by Crippen LogP contribution is 1.84. The molecule has 52 valence electrons. The largest absolute Gasteiger partial charge is 0.387 e. The number of aliphatic hydroxyl groups excluding tert-OH is 1. The molecule has 1 N–H and O–H groups in total. The van der Waals surface area contributed by atoms with E-state index in [1.54, 1.807) is 6.08 Å². The van der Waals surface area contributed by atoms with Crippen LogP contribution < -0.4 is 0 Å². The van der Waals surface area contributed by atoms with Gasteiger partial charge in [-0.25, -0.2) is 0 Å². The molecule has 0 aromatic rings. The third-order valence-corrected chi connectivity index (χ3v) is 0.796. The minimum absolute atomic E-state index is 0.301. The molecule has 0 rings (SSSR count). The van der Waals surface area contributed by atoms with Gasteiger partial charge in [0.15, 0.2) is 0 Å². The average molecular weight is 128 g/mol. The molecule has 0 aromatic heterocycles. The van der Waals surface area contributed by atoms with Gasteiger partial charge in [-0.05, 0) is 0 Å². The molecule has 0 aliphatic carbocycles. The summed E-state index contributed by atoms with van der Waals surface area (Å²) in [5.41, 5.74) is 0. The molecule has 0 amide bonds. The van der Waals surface area contributed by atoms with Gasteiger partial charge in [-0.1, -0.05) is 12.2 Å². The van der Waals surface area contributed by atoms with Crippen LogP contribution in [0.1, 0.15) is 0 Å². The van der Waals surface area contributed by atoms with Crippen molar-refractivity contribution in [1.29, 1.82) is 0 Å². The van der Waals surface area contributed by atoms with E-state index in [4.69, 9.17) is 9.84 Å². The van der Waals surface area contributed by atoms with Gasteiger partial charge in [0.2, 0.25) is 0 Å². The first kappa shape index (κ1) is 8.40. The standard InChI is InChI=1S/C7H12O2/c1-3-5-9-6-7(8)4-2/h3-4,7-8H,1-2,5-6H2/t7-/m0/s1. The first-order valence-electron chi connectivity index (χ1n) is 2.80. The first-order valence-corrected chi connectivity index (χ1v) is 2.80. The van der Waals surface area contributed by atoms with Gasteiger partial charge in [0, 0.05) is 0 Å². The van der Waals surface area contributed by atoms with Crippen LogP contribution in [-0.4, -0.2) is 24.4 Å². The Morgan fingerprint density at radius 2 is 2.22 bits per heavy atom. The van der Waals surface area contributed by atoms with Crippen molar-refractivity contribution < 1.29 is 9.84 Å². The van der Waals surface area contributed by atoms with Crippen molar-refractivity contribution in [2.45, 2.75) is 6.10 Å². The van der Waals surface area contributed by atoms with E-state index in [1.807, 2.05) is 0 Å². The highest BCUT2D eigenvalue weighted by Gasteiger charge is 1.93. The normalized spacial score (nSPS) is 12.6. The van der Waals surface area contributed by atoms with E-state index in [0.717, 1.165) is 0 Å². The molecule has 0 aliphatic heterocycles. The van der Waals surface area contributed by atoms with E-state index in [0.29, 0.717) is 13.2 Å². The Labute approximate surface area is 55.5 Å². The minimum atomic E-state index is -0.551.